The number of imidazole rings is 1. The summed E-state index contributed by atoms with van der Waals surface area (Å²) in [5, 5.41) is 3.51. The number of fused-ring (bicyclic) bond motifs is 1. The van der Waals surface area contributed by atoms with Gasteiger partial charge in [-0.15, -0.1) is 0 Å². The molecular formula is C17H19N3. The highest BCUT2D eigenvalue weighted by molar-refractivity contribution is 5.74. The summed E-state index contributed by atoms with van der Waals surface area (Å²) < 4.78 is 0. The molecule has 0 saturated heterocycles. The highest BCUT2D eigenvalue weighted by Crippen LogP contribution is 2.16. The van der Waals surface area contributed by atoms with Crippen LogP contribution in [0.4, 0.5) is 0 Å². The Hall–Kier alpha value is -2.13. The van der Waals surface area contributed by atoms with Gasteiger partial charge in [0.1, 0.15) is 5.82 Å². The van der Waals surface area contributed by atoms with Crippen molar-refractivity contribution in [2.75, 3.05) is 0 Å². The van der Waals surface area contributed by atoms with Crippen molar-refractivity contribution in [3.05, 3.63) is 65.5 Å². The largest absolute Gasteiger partial charge is 0.341 e. The first-order chi connectivity index (χ1) is 9.72. The van der Waals surface area contributed by atoms with E-state index in [2.05, 4.69) is 59.5 Å². The molecule has 2 aromatic carbocycles. The average Bonchev–Trinajstić information content (AvgIpc) is 2.89. The van der Waals surface area contributed by atoms with Crippen molar-refractivity contribution in [1.82, 2.24) is 15.3 Å². The zero-order chi connectivity index (χ0) is 13.9. The second-order valence-electron chi connectivity index (χ2n) is 5.23. The zero-order valence-electron chi connectivity index (χ0n) is 11.9. The van der Waals surface area contributed by atoms with Crippen LogP contribution in [0.5, 0.6) is 0 Å². The highest BCUT2D eigenvalue weighted by atomic mass is 15.0. The van der Waals surface area contributed by atoms with Gasteiger partial charge in [-0.2, -0.15) is 0 Å². The van der Waals surface area contributed by atoms with Gasteiger partial charge < -0.3 is 10.3 Å². The van der Waals surface area contributed by atoms with Gasteiger partial charge in [0.05, 0.1) is 17.1 Å². The molecule has 1 unspecified atom stereocenters. The number of nitrogens with zero attached hydrogens (tertiary/aromatic N) is 1. The Labute approximate surface area is 119 Å². The summed E-state index contributed by atoms with van der Waals surface area (Å²) in [5.41, 5.74) is 4.70. The SMILES string of the molecule is Cc1cccc(CNC(C)c2nc3ccccc3[nH]2)c1. The van der Waals surface area contributed by atoms with Crippen LogP contribution in [0.1, 0.15) is 29.9 Å². The lowest BCUT2D eigenvalue weighted by molar-refractivity contribution is 0.552. The smallest absolute Gasteiger partial charge is 0.124 e. The summed E-state index contributed by atoms with van der Waals surface area (Å²) in [7, 11) is 0. The summed E-state index contributed by atoms with van der Waals surface area (Å²) in [4.78, 5) is 7.99. The zero-order valence-corrected chi connectivity index (χ0v) is 11.9. The number of para-hydroxylation sites is 2. The van der Waals surface area contributed by atoms with Crippen molar-refractivity contribution in [1.29, 1.82) is 0 Å². The Bertz CT molecular complexity index is 682. The van der Waals surface area contributed by atoms with Gasteiger partial charge in [0.25, 0.3) is 0 Å². The predicted octanol–water partition coefficient (Wildman–Crippen LogP) is 3.72. The van der Waals surface area contributed by atoms with E-state index >= 15 is 0 Å². The molecule has 0 bridgehead atoms. The van der Waals surface area contributed by atoms with E-state index in [-0.39, 0.29) is 6.04 Å². The van der Waals surface area contributed by atoms with E-state index in [9.17, 15) is 0 Å². The van der Waals surface area contributed by atoms with E-state index in [4.69, 9.17) is 0 Å². The Morgan fingerprint density at radius 2 is 2.00 bits per heavy atom. The van der Waals surface area contributed by atoms with E-state index in [0.717, 1.165) is 23.4 Å². The first-order valence-corrected chi connectivity index (χ1v) is 6.96. The van der Waals surface area contributed by atoms with Crippen LogP contribution in [0.25, 0.3) is 11.0 Å². The fraction of sp³-hybridized carbons (Fsp3) is 0.235. The molecule has 0 saturated carbocycles. The monoisotopic (exact) mass is 265 g/mol. The van der Waals surface area contributed by atoms with E-state index in [1.54, 1.807) is 0 Å². The summed E-state index contributed by atoms with van der Waals surface area (Å²) in [6.07, 6.45) is 0. The van der Waals surface area contributed by atoms with Crippen LogP contribution in [-0.4, -0.2) is 9.97 Å². The van der Waals surface area contributed by atoms with Gasteiger partial charge in [0, 0.05) is 6.54 Å². The number of benzene rings is 2. The van der Waals surface area contributed by atoms with Crippen LogP contribution >= 0.6 is 0 Å². The third kappa shape index (κ3) is 2.73. The number of aryl methyl sites for hydroxylation is 1. The van der Waals surface area contributed by atoms with Crippen molar-refractivity contribution < 1.29 is 0 Å². The van der Waals surface area contributed by atoms with Crippen LogP contribution in [0.3, 0.4) is 0 Å². The fourth-order valence-electron chi connectivity index (χ4n) is 2.37. The third-order valence-electron chi connectivity index (χ3n) is 3.51. The van der Waals surface area contributed by atoms with Crippen LogP contribution < -0.4 is 5.32 Å². The second-order valence-corrected chi connectivity index (χ2v) is 5.23. The van der Waals surface area contributed by atoms with Crippen molar-refractivity contribution in [3.63, 3.8) is 0 Å². The van der Waals surface area contributed by atoms with Crippen LogP contribution in [0.2, 0.25) is 0 Å². The number of aromatic amines is 1. The molecular weight excluding hydrogens is 246 g/mol. The molecule has 0 fully saturated rings. The lowest BCUT2D eigenvalue weighted by atomic mass is 10.1. The van der Waals surface area contributed by atoms with E-state index in [0.29, 0.717) is 0 Å². The molecule has 0 amide bonds. The normalized spacial score (nSPS) is 12.7. The number of hydrogen-bond acceptors (Lipinski definition) is 2. The van der Waals surface area contributed by atoms with Gasteiger partial charge in [-0.3, -0.25) is 0 Å². The summed E-state index contributed by atoms with van der Waals surface area (Å²) in [6.45, 7) is 5.10. The molecule has 1 aromatic heterocycles. The van der Waals surface area contributed by atoms with Crippen molar-refractivity contribution >= 4 is 11.0 Å². The first-order valence-electron chi connectivity index (χ1n) is 6.96. The third-order valence-corrected chi connectivity index (χ3v) is 3.51. The van der Waals surface area contributed by atoms with Crippen molar-refractivity contribution in [2.24, 2.45) is 0 Å². The molecule has 3 nitrogen and oxygen atoms in total. The highest BCUT2D eigenvalue weighted by Gasteiger charge is 2.09. The maximum absolute atomic E-state index is 4.62. The molecule has 3 aromatic rings. The maximum Gasteiger partial charge on any atom is 0.124 e. The van der Waals surface area contributed by atoms with Gasteiger partial charge in [-0.05, 0) is 31.5 Å². The maximum atomic E-state index is 4.62. The van der Waals surface area contributed by atoms with E-state index in [1.807, 2.05) is 18.2 Å². The number of rotatable bonds is 4. The van der Waals surface area contributed by atoms with Crippen molar-refractivity contribution in [2.45, 2.75) is 26.4 Å². The molecule has 20 heavy (non-hydrogen) atoms. The molecule has 3 rings (SSSR count). The van der Waals surface area contributed by atoms with Gasteiger partial charge in [-0.25, -0.2) is 4.98 Å². The van der Waals surface area contributed by atoms with Gasteiger partial charge in [0.15, 0.2) is 0 Å². The Balaban J connectivity index is 1.71. The minimum Gasteiger partial charge on any atom is -0.341 e. The molecule has 0 aliphatic carbocycles. The molecule has 0 radical (unpaired) electrons. The quantitative estimate of drug-likeness (QED) is 0.754. The molecule has 102 valence electrons. The number of hydrogen-bond donors (Lipinski definition) is 2. The Morgan fingerprint density at radius 1 is 1.15 bits per heavy atom. The molecule has 1 heterocycles. The minimum absolute atomic E-state index is 0.197. The lowest BCUT2D eigenvalue weighted by Crippen LogP contribution is -2.19. The number of aromatic nitrogens is 2. The topological polar surface area (TPSA) is 40.7 Å². The molecule has 1 atom stereocenters. The molecule has 2 N–H and O–H groups in total. The standard InChI is InChI=1S/C17H19N3/c1-12-6-5-7-14(10-12)11-18-13(2)17-19-15-8-3-4-9-16(15)20-17/h3-10,13,18H,11H2,1-2H3,(H,19,20). The number of H-pyrrole nitrogens is 1. The minimum atomic E-state index is 0.197. The van der Waals surface area contributed by atoms with Crippen LogP contribution in [0, 0.1) is 6.92 Å². The molecule has 0 spiro atoms. The molecule has 0 aliphatic rings. The molecule has 3 heteroatoms. The van der Waals surface area contributed by atoms with Gasteiger partial charge in [-0.1, -0.05) is 42.0 Å². The Morgan fingerprint density at radius 3 is 2.80 bits per heavy atom. The second kappa shape index (κ2) is 5.47. The van der Waals surface area contributed by atoms with E-state index < -0.39 is 0 Å². The van der Waals surface area contributed by atoms with Crippen LogP contribution in [0.15, 0.2) is 48.5 Å². The van der Waals surface area contributed by atoms with Crippen molar-refractivity contribution in [3.8, 4) is 0 Å². The first kappa shape index (κ1) is 12.9. The van der Waals surface area contributed by atoms with Gasteiger partial charge in [0.2, 0.25) is 0 Å². The fourth-order valence-corrected chi connectivity index (χ4v) is 2.37. The lowest BCUT2D eigenvalue weighted by Gasteiger charge is -2.11. The summed E-state index contributed by atoms with van der Waals surface area (Å²) >= 11 is 0. The predicted molar refractivity (Wildman–Crippen MR) is 82.5 cm³/mol. The summed E-state index contributed by atoms with van der Waals surface area (Å²) in [6, 6.07) is 16.9. The van der Waals surface area contributed by atoms with Crippen LogP contribution in [-0.2, 0) is 6.54 Å². The molecule has 0 aliphatic heterocycles. The number of nitrogens with one attached hydrogen (secondary N) is 2. The van der Waals surface area contributed by atoms with Gasteiger partial charge >= 0.3 is 0 Å². The average molecular weight is 265 g/mol. The van der Waals surface area contributed by atoms with E-state index in [1.165, 1.54) is 11.1 Å². The Kier molecular flexibility index (Phi) is 3.52. The summed E-state index contributed by atoms with van der Waals surface area (Å²) in [5.74, 6) is 0.985.